The van der Waals surface area contributed by atoms with Gasteiger partial charge in [-0.1, -0.05) is 12.1 Å². The van der Waals surface area contributed by atoms with Crippen LogP contribution in [0.1, 0.15) is 46.1 Å². The largest absolute Gasteiger partial charge is 0.491 e. The van der Waals surface area contributed by atoms with Crippen molar-refractivity contribution in [3.63, 3.8) is 0 Å². The Balaban J connectivity index is 1.78. The third-order valence-corrected chi connectivity index (χ3v) is 6.69. The molecule has 15 heteroatoms. The van der Waals surface area contributed by atoms with Gasteiger partial charge in [0.25, 0.3) is 0 Å². The summed E-state index contributed by atoms with van der Waals surface area (Å²) >= 11 is 0. The summed E-state index contributed by atoms with van der Waals surface area (Å²) in [6, 6.07) is 7.77. The lowest BCUT2D eigenvalue weighted by Gasteiger charge is -2.44. The second-order valence-electron chi connectivity index (χ2n) is 10.7. The standard InChI is InChI=1S/C33H50O15/c1-23(34)44-22-29-30(45-24(2)35)31(46-25(3)36)32(47-26(4)37)33(48-29)43-13-7-6-8-27-9-11-28(12-10-27)42-21-20-41-19-18-40-17-16-39-15-14-38-5/h9-12,29-33H,6-8,13-22H2,1-5H3. The molecule has 5 atom stereocenters. The lowest BCUT2D eigenvalue weighted by atomic mass is 9.98. The van der Waals surface area contributed by atoms with E-state index in [0.29, 0.717) is 59.3 Å². The summed E-state index contributed by atoms with van der Waals surface area (Å²) in [7, 11) is 1.63. The first-order valence-electron chi connectivity index (χ1n) is 16.0. The number of hydrogen-bond acceptors (Lipinski definition) is 15. The van der Waals surface area contributed by atoms with Gasteiger partial charge >= 0.3 is 23.9 Å². The van der Waals surface area contributed by atoms with Crippen LogP contribution in [0, 0.1) is 0 Å². The molecule has 0 bridgehead atoms. The first kappa shape index (κ1) is 40.8. The minimum Gasteiger partial charge on any atom is -0.491 e. The SMILES string of the molecule is COCCOCCOCCOCCOc1ccc(CCCCOC2OC(COC(C)=O)C(OC(C)=O)C(OC(C)=O)C2OC(C)=O)cc1. The molecule has 0 spiro atoms. The molecule has 1 aromatic rings. The van der Waals surface area contributed by atoms with E-state index in [1.807, 2.05) is 24.3 Å². The normalized spacial score (nSPS) is 20.5. The Morgan fingerprint density at radius 2 is 1.17 bits per heavy atom. The Bertz CT molecular complexity index is 1080. The molecular formula is C33H50O15. The lowest BCUT2D eigenvalue weighted by Crippen LogP contribution is -2.63. The van der Waals surface area contributed by atoms with E-state index in [2.05, 4.69) is 0 Å². The van der Waals surface area contributed by atoms with Crippen molar-refractivity contribution in [2.24, 2.45) is 0 Å². The predicted octanol–water partition coefficient (Wildman–Crippen LogP) is 2.18. The fraction of sp³-hybridized carbons (Fsp3) is 0.697. The van der Waals surface area contributed by atoms with Crippen molar-refractivity contribution in [3.8, 4) is 5.75 Å². The van der Waals surface area contributed by atoms with Crippen LogP contribution in [-0.4, -0.2) is 128 Å². The fourth-order valence-corrected chi connectivity index (χ4v) is 4.61. The summed E-state index contributed by atoms with van der Waals surface area (Å²) in [5, 5.41) is 0. The van der Waals surface area contributed by atoms with Crippen molar-refractivity contribution >= 4 is 23.9 Å². The molecule has 0 aliphatic carbocycles. The van der Waals surface area contributed by atoms with Gasteiger partial charge in [-0.3, -0.25) is 19.2 Å². The summed E-state index contributed by atoms with van der Waals surface area (Å²) in [5.74, 6) is -1.94. The summed E-state index contributed by atoms with van der Waals surface area (Å²) in [5.41, 5.74) is 1.11. The number of carbonyl (C=O) groups is 4. The molecular weight excluding hydrogens is 636 g/mol. The topological polar surface area (TPSA) is 170 Å². The highest BCUT2D eigenvalue weighted by atomic mass is 16.7. The average molecular weight is 687 g/mol. The smallest absolute Gasteiger partial charge is 0.303 e. The number of aryl methyl sites for hydroxylation is 1. The van der Waals surface area contributed by atoms with Crippen molar-refractivity contribution < 1.29 is 71.3 Å². The predicted molar refractivity (Wildman–Crippen MR) is 167 cm³/mol. The van der Waals surface area contributed by atoms with Gasteiger partial charge in [-0.2, -0.15) is 0 Å². The Morgan fingerprint density at radius 3 is 1.73 bits per heavy atom. The van der Waals surface area contributed by atoms with Crippen molar-refractivity contribution in [2.75, 3.05) is 73.2 Å². The van der Waals surface area contributed by atoms with Gasteiger partial charge in [0.15, 0.2) is 24.6 Å². The minimum atomic E-state index is -1.27. The molecule has 0 aromatic heterocycles. The van der Waals surface area contributed by atoms with Crippen LogP contribution in [0.5, 0.6) is 5.75 Å². The Morgan fingerprint density at radius 1 is 0.625 bits per heavy atom. The van der Waals surface area contributed by atoms with Crippen LogP contribution in [0.4, 0.5) is 0 Å². The zero-order chi connectivity index (χ0) is 35.1. The molecule has 5 unspecified atom stereocenters. The third-order valence-electron chi connectivity index (χ3n) is 6.69. The second kappa shape index (κ2) is 23.9. The van der Waals surface area contributed by atoms with Crippen LogP contribution in [0.3, 0.4) is 0 Å². The summed E-state index contributed by atoms with van der Waals surface area (Å²) in [4.78, 5) is 47.3. The average Bonchev–Trinajstić information content (AvgIpc) is 3.03. The molecule has 1 aliphatic rings. The summed E-state index contributed by atoms with van der Waals surface area (Å²) in [6.07, 6.45) is -3.83. The van der Waals surface area contributed by atoms with Gasteiger partial charge < -0.3 is 52.1 Å². The van der Waals surface area contributed by atoms with E-state index < -0.39 is 54.6 Å². The molecule has 0 amide bonds. The molecule has 2 rings (SSSR count). The van der Waals surface area contributed by atoms with Gasteiger partial charge in [0.05, 0.1) is 46.2 Å². The van der Waals surface area contributed by atoms with Crippen molar-refractivity contribution in [3.05, 3.63) is 29.8 Å². The molecule has 1 aromatic carbocycles. The Labute approximate surface area is 281 Å². The zero-order valence-corrected chi connectivity index (χ0v) is 28.5. The maximum Gasteiger partial charge on any atom is 0.303 e. The minimum absolute atomic E-state index is 0.210. The van der Waals surface area contributed by atoms with E-state index >= 15 is 0 Å². The quantitative estimate of drug-likeness (QED) is 0.0880. The van der Waals surface area contributed by atoms with E-state index in [9.17, 15) is 19.2 Å². The molecule has 0 radical (unpaired) electrons. The molecule has 48 heavy (non-hydrogen) atoms. The number of hydrogen-bond donors (Lipinski definition) is 0. The number of carbonyl (C=O) groups excluding carboxylic acids is 4. The van der Waals surface area contributed by atoms with E-state index in [0.717, 1.165) is 31.1 Å². The van der Waals surface area contributed by atoms with Gasteiger partial charge in [0.1, 0.15) is 25.1 Å². The van der Waals surface area contributed by atoms with E-state index in [-0.39, 0.29) is 13.2 Å². The van der Waals surface area contributed by atoms with Crippen LogP contribution >= 0.6 is 0 Å². The number of benzene rings is 1. The van der Waals surface area contributed by atoms with E-state index in [1.54, 1.807) is 7.11 Å². The maximum absolute atomic E-state index is 12.0. The van der Waals surface area contributed by atoms with Crippen LogP contribution in [-0.2, 0) is 73.0 Å². The van der Waals surface area contributed by atoms with Crippen molar-refractivity contribution in [1.82, 2.24) is 0 Å². The monoisotopic (exact) mass is 686 g/mol. The van der Waals surface area contributed by atoms with Gasteiger partial charge in [-0.15, -0.1) is 0 Å². The number of ether oxygens (including phenoxy) is 11. The zero-order valence-electron chi connectivity index (χ0n) is 28.5. The highest BCUT2D eigenvalue weighted by Gasteiger charge is 2.52. The summed E-state index contributed by atoms with van der Waals surface area (Å²) < 4.78 is 60.1. The van der Waals surface area contributed by atoms with Crippen LogP contribution in [0.2, 0.25) is 0 Å². The van der Waals surface area contributed by atoms with Gasteiger partial charge in [-0.25, -0.2) is 0 Å². The van der Waals surface area contributed by atoms with Gasteiger partial charge in [0.2, 0.25) is 0 Å². The van der Waals surface area contributed by atoms with Crippen molar-refractivity contribution in [2.45, 2.75) is 77.7 Å². The summed E-state index contributed by atoms with van der Waals surface area (Å²) in [6.45, 7) is 8.56. The molecule has 1 saturated heterocycles. The van der Waals surface area contributed by atoms with Gasteiger partial charge in [-0.05, 0) is 37.0 Å². The maximum atomic E-state index is 12.0. The Hall–Kier alpha value is -3.34. The molecule has 15 nitrogen and oxygen atoms in total. The number of methoxy groups -OCH3 is 1. The highest BCUT2D eigenvalue weighted by Crippen LogP contribution is 2.30. The molecule has 1 heterocycles. The first-order chi connectivity index (χ1) is 23.1. The first-order valence-corrected chi connectivity index (χ1v) is 16.0. The molecule has 0 saturated carbocycles. The number of rotatable bonds is 24. The van der Waals surface area contributed by atoms with Crippen LogP contribution in [0.25, 0.3) is 0 Å². The number of esters is 4. The van der Waals surface area contributed by atoms with E-state index in [1.165, 1.54) is 20.8 Å². The molecule has 1 aliphatic heterocycles. The third kappa shape index (κ3) is 17.2. The second-order valence-corrected chi connectivity index (χ2v) is 10.7. The fourth-order valence-electron chi connectivity index (χ4n) is 4.61. The van der Waals surface area contributed by atoms with Crippen LogP contribution in [0.15, 0.2) is 24.3 Å². The molecule has 272 valence electrons. The number of unbranched alkanes of at least 4 members (excludes halogenated alkanes) is 1. The Kier molecular flexibility index (Phi) is 20.3. The van der Waals surface area contributed by atoms with E-state index in [4.69, 9.17) is 52.1 Å². The van der Waals surface area contributed by atoms with Gasteiger partial charge in [0, 0.05) is 41.4 Å². The highest BCUT2D eigenvalue weighted by molar-refractivity contribution is 5.68. The van der Waals surface area contributed by atoms with Crippen molar-refractivity contribution in [1.29, 1.82) is 0 Å². The molecule has 1 fully saturated rings. The lowest BCUT2D eigenvalue weighted by molar-refractivity contribution is -0.308. The molecule has 0 N–H and O–H groups in total. The van der Waals surface area contributed by atoms with Crippen LogP contribution < -0.4 is 4.74 Å².